The number of fused-ring (bicyclic) bond motifs is 2. The van der Waals surface area contributed by atoms with Gasteiger partial charge in [-0.2, -0.15) is 0 Å². The highest BCUT2D eigenvalue weighted by molar-refractivity contribution is 6.18. The van der Waals surface area contributed by atoms with Gasteiger partial charge in [-0.3, -0.25) is 9.59 Å². The number of rotatable bonds is 28. The molecule has 0 bridgehead atoms. The fourth-order valence-corrected chi connectivity index (χ4v) is 8.27. The Kier molecular flexibility index (Phi) is 31.6. The van der Waals surface area contributed by atoms with Gasteiger partial charge in [-0.1, -0.05) is 48.5 Å². The molecule has 0 saturated carbocycles. The van der Waals surface area contributed by atoms with Gasteiger partial charge in [0.25, 0.3) is 12.9 Å². The van der Waals surface area contributed by atoms with Gasteiger partial charge < -0.3 is 58.7 Å². The molecule has 0 amide bonds. The lowest BCUT2D eigenvalue weighted by Crippen LogP contribution is -2.29. The molecule has 0 radical (unpaired) electrons. The van der Waals surface area contributed by atoms with Crippen LogP contribution in [0.15, 0.2) is 97.1 Å². The zero-order valence-electron chi connectivity index (χ0n) is 49.5. The molecular formula is C62H86Cl2N8O10. The number of alkyl halides is 2. The summed E-state index contributed by atoms with van der Waals surface area (Å²) in [6, 6.07) is 28.5. The average molecular weight is 1170 g/mol. The molecule has 4 N–H and O–H groups in total. The number of esters is 2. The Labute approximate surface area is 494 Å². The standard InChI is InChI=1S/C26H32Cl2N4O2.C26H34N4O4.2C5H10O2/c1-3-34-26(33)11-8-20-4-6-21(7-5-20)19-29-15-12-25-30-23-18-22(9-10-24(23)31(25)2)32(16-13-27)17-14-28;1-3-34-26(33)11-8-20-4-6-21(7-5-20)19-27-13-12-25-28-23-18-22(9-10-24(23)29(25)2)30(14-16-31)15-17-32;2*1-5(2,3)7-4-6/h4-11,18,29H,3,12-17,19H2,1-2H3;4-11,18,27,31-32H,3,12-17,19H2,1-2H3;2*4H,1-3H3/b2*11-8+;;. The second-order valence-electron chi connectivity index (χ2n) is 20.5. The number of hydrogen-bond acceptors (Lipinski definition) is 16. The van der Waals surface area contributed by atoms with E-state index in [-0.39, 0.29) is 36.4 Å². The van der Waals surface area contributed by atoms with Crippen LogP contribution >= 0.6 is 23.2 Å². The number of anilines is 2. The molecule has 0 fully saturated rings. The van der Waals surface area contributed by atoms with Crippen molar-refractivity contribution >= 4 is 93.7 Å². The van der Waals surface area contributed by atoms with Crippen molar-refractivity contribution in [1.82, 2.24) is 29.7 Å². The molecule has 0 spiro atoms. The minimum absolute atomic E-state index is 0.0319. The Morgan fingerprint density at radius 2 is 0.951 bits per heavy atom. The first-order chi connectivity index (χ1) is 39.2. The Morgan fingerprint density at radius 1 is 0.585 bits per heavy atom. The van der Waals surface area contributed by atoms with E-state index in [0.717, 1.165) is 114 Å². The molecule has 18 nitrogen and oxygen atoms in total. The summed E-state index contributed by atoms with van der Waals surface area (Å²) in [6.45, 7) is 21.8. The summed E-state index contributed by atoms with van der Waals surface area (Å²) in [5.41, 5.74) is 9.72. The minimum Gasteiger partial charge on any atom is -0.463 e. The maximum atomic E-state index is 11.4. The van der Waals surface area contributed by atoms with Crippen LogP contribution in [-0.4, -0.2) is 143 Å². The van der Waals surface area contributed by atoms with E-state index >= 15 is 0 Å². The monoisotopic (exact) mass is 1170 g/mol. The van der Waals surface area contributed by atoms with E-state index in [0.29, 0.717) is 51.0 Å². The molecule has 0 unspecified atom stereocenters. The number of aliphatic hydroxyl groups is 2. The van der Waals surface area contributed by atoms with Crippen molar-refractivity contribution < 1.29 is 48.3 Å². The molecule has 0 aliphatic carbocycles. The number of aromatic nitrogens is 4. The number of nitrogens with zero attached hydrogens (tertiary/aromatic N) is 6. The molecule has 0 saturated heterocycles. The number of benzene rings is 4. The smallest absolute Gasteiger partial charge is 0.330 e. The normalized spacial score (nSPS) is 11.3. The van der Waals surface area contributed by atoms with Gasteiger partial charge in [-0.25, -0.2) is 19.6 Å². The Balaban J connectivity index is 0.000000349. The van der Waals surface area contributed by atoms with E-state index in [1.165, 1.54) is 17.7 Å². The lowest BCUT2D eigenvalue weighted by Gasteiger charge is -2.22. The fourth-order valence-electron chi connectivity index (χ4n) is 7.86. The highest BCUT2D eigenvalue weighted by Gasteiger charge is 2.14. The summed E-state index contributed by atoms with van der Waals surface area (Å²) < 4.78 is 23.1. The molecule has 20 heteroatoms. The predicted molar refractivity (Wildman–Crippen MR) is 330 cm³/mol. The van der Waals surface area contributed by atoms with Crippen LogP contribution in [0.3, 0.4) is 0 Å². The van der Waals surface area contributed by atoms with Crippen LogP contribution in [0.2, 0.25) is 0 Å². The molecule has 448 valence electrons. The van der Waals surface area contributed by atoms with E-state index < -0.39 is 0 Å². The van der Waals surface area contributed by atoms with Crippen LogP contribution in [0.1, 0.15) is 89.3 Å². The van der Waals surface area contributed by atoms with E-state index in [1.807, 2.05) is 108 Å². The van der Waals surface area contributed by atoms with Crippen LogP contribution < -0.4 is 20.4 Å². The van der Waals surface area contributed by atoms with E-state index in [9.17, 15) is 29.4 Å². The largest absolute Gasteiger partial charge is 0.463 e. The Hall–Kier alpha value is -6.80. The van der Waals surface area contributed by atoms with Crippen molar-refractivity contribution in [2.24, 2.45) is 14.1 Å². The van der Waals surface area contributed by atoms with Gasteiger partial charge in [-0.05, 0) is 126 Å². The number of nitrogens with one attached hydrogen (secondary N) is 2. The van der Waals surface area contributed by atoms with Gasteiger partial charge in [0, 0.05) is 115 Å². The van der Waals surface area contributed by atoms with Crippen LogP contribution in [-0.2, 0) is 78.2 Å². The van der Waals surface area contributed by atoms with E-state index in [2.05, 4.69) is 71.5 Å². The number of halogens is 2. The van der Waals surface area contributed by atoms with Gasteiger partial charge in [0.15, 0.2) is 0 Å². The zero-order valence-corrected chi connectivity index (χ0v) is 51.0. The highest BCUT2D eigenvalue weighted by atomic mass is 35.5. The summed E-state index contributed by atoms with van der Waals surface area (Å²) >= 11 is 11.9. The predicted octanol–water partition coefficient (Wildman–Crippen LogP) is 8.95. The third-order valence-corrected chi connectivity index (χ3v) is 12.3. The van der Waals surface area contributed by atoms with Gasteiger partial charge >= 0.3 is 11.9 Å². The number of aliphatic hydroxyl groups excluding tert-OH is 2. The fraction of sp³-hybridized carbons (Fsp3) is 0.452. The van der Waals surface area contributed by atoms with Crippen LogP contribution in [0.5, 0.6) is 0 Å². The van der Waals surface area contributed by atoms with Crippen molar-refractivity contribution in [3.05, 3.63) is 131 Å². The number of aryl methyl sites for hydroxylation is 2. The lowest BCUT2D eigenvalue weighted by molar-refractivity contribution is -0.139. The maximum Gasteiger partial charge on any atom is 0.330 e. The Bertz CT molecular complexity index is 2690. The first-order valence-corrected chi connectivity index (χ1v) is 28.6. The van der Waals surface area contributed by atoms with Gasteiger partial charge in [0.1, 0.15) is 22.9 Å². The molecule has 0 atom stereocenters. The second-order valence-corrected chi connectivity index (χ2v) is 21.2. The van der Waals surface area contributed by atoms with Crippen molar-refractivity contribution in [2.45, 2.75) is 92.5 Å². The summed E-state index contributed by atoms with van der Waals surface area (Å²) in [5, 5.41) is 25.5. The van der Waals surface area contributed by atoms with E-state index in [4.69, 9.17) is 42.6 Å². The number of hydrogen-bond donors (Lipinski definition) is 4. The summed E-state index contributed by atoms with van der Waals surface area (Å²) in [7, 11) is 4.08. The van der Waals surface area contributed by atoms with Crippen molar-refractivity contribution in [3.8, 4) is 0 Å². The number of carbonyl (C=O) groups is 4. The summed E-state index contributed by atoms with van der Waals surface area (Å²) in [6.07, 6.45) is 8.01. The SMILES string of the molecule is CC(C)(C)OC=O.CC(C)(C)OC=O.CCOC(=O)/C=C/c1ccc(CNCCc2nc3cc(N(CCCl)CCCl)ccc3n2C)cc1.CCOC(=O)/C=C/c1ccc(CNCCc2nc3cc(N(CCO)CCO)ccc3n2C)cc1. The molecule has 6 rings (SSSR count). The first-order valence-electron chi connectivity index (χ1n) is 27.5. The van der Waals surface area contributed by atoms with Gasteiger partial charge in [-0.15, -0.1) is 23.2 Å². The number of imidazole rings is 2. The minimum atomic E-state index is -0.334. The lowest BCUT2D eigenvalue weighted by atomic mass is 10.1. The Morgan fingerprint density at radius 3 is 1.26 bits per heavy atom. The van der Waals surface area contributed by atoms with Crippen molar-refractivity contribution in [1.29, 1.82) is 0 Å². The third-order valence-electron chi connectivity index (χ3n) is 12.0. The van der Waals surface area contributed by atoms with Gasteiger partial charge in [0.05, 0.1) is 48.5 Å². The second kappa shape index (κ2) is 37.3. The summed E-state index contributed by atoms with van der Waals surface area (Å²) in [4.78, 5) is 55.8. The molecule has 6 aromatic rings. The number of ether oxygens (including phenoxy) is 4. The van der Waals surface area contributed by atoms with Crippen molar-refractivity contribution in [3.63, 3.8) is 0 Å². The topological polar surface area (TPSA) is 212 Å². The molecule has 2 heterocycles. The van der Waals surface area contributed by atoms with Crippen LogP contribution in [0, 0.1) is 0 Å². The van der Waals surface area contributed by atoms with Crippen LogP contribution in [0.25, 0.3) is 34.2 Å². The molecule has 82 heavy (non-hydrogen) atoms. The quantitative estimate of drug-likeness (QED) is 0.00902. The molecule has 0 aliphatic heterocycles. The molecule has 4 aromatic carbocycles. The molecule has 2 aromatic heterocycles. The maximum absolute atomic E-state index is 11.4. The highest BCUT2D eigenvalue weighted by Crippen LogP contribution is 2.25. The van der Waals surface area contributed by atoms with E-state index in [1.54, 1.807) is 26.0 Å². The molecule has 0 aliphatic rings. The third kappa shape index (κ3) is 26.0. The first kappa shape index (κ1) is 69.5. The molecular weight excluding hydrogens is 1090 g/mol. The summed E-state index contributed by atoms with van der Waals surface area (Å²) in [5.74, 6) is 2.49. The van der Waals surface area contributed by atoms with Crippen molar-refractivity contribution in [2.75, 3.05) is 87.3 Å². The zero-order chi connectivity index (χ0) is 60.5. The average Bonchev–Trinajstić information content (AvgIpc) is 4.19. The van der Waals surface area contributed by atoms with Crippen LogP contribution in [0.4, 0.5) is 11.4 Å². The number of carbonyl (C=O) groups excluding carboxylic acids is 4. The van der Waals surface area contributed by atoms with Gasteiger partial charge in [0.2, 0.25) is 0 Å².